The van der Waals surface area contributed by atoms with Crippen molar-refractivity contribution in [3.63, 3.8) is 0 Å². The highest BCUT2D eigenvalue weighted by molar-refractivity contribution is 14.0. The number of benzene rings is 1. The highest BCUT2D eigenvalue weighted by Crippen LogP contribution is 2.07. The number of aliphatic imine (C=N–C) groups is 2. The quantitative estimate of drug-likeness (QED) is 0.355. The van der Waals surface area contributed by atoms with Crippen molar-refractivity contribution < 1.29 is 0 Å². The van der Waals surface area contributed by atoms with Crippen molar-refractivity contribution in [1.82, 2.24) is 9.80 Å². The number of nitrogens with zero attached hydrogens (tertiary/aromatic N) is 4. The summed E-state index contributed by atoms with van der Waals surface area (Å²) in [6.45, 7) is 13.0. The van der Waals surface area contributed by atoms with E-state index in [4.69, 9.17) is 11.5 Å². The minimum Gasteiger partial charge on any atom is -0.370 e. The van der Waals surface area contributed by atoms with Gasteiger partial charge in [0.15, 0.2) is 11.9 Å². The van der Waals surface area contributed by atoms with Crippen LogP contribution < -0.4 is 11.5 Å². The summed E-state index contributed by atoms with van der Waals surface area (Å²) in [4.78, 5) is 13.0. The van der Waals surface area contributed by atoms with Gasteiger partial charge in [0.05, 0.1) is 13.1 Å². The van der Waals surface area contributed by atoms with E-state index in [-0.39, 0.29) is 24.0 Å². The minimum absolute atomic E-state index is 0. The molecule has 0 bridgehead atoms. The van der Waals surface area contributed by atoms with E-state index in [0.29, 0.717) is 25.0 Å². The Morgan fingerprint density at radius 1 is 0.720 bits per heavy atom. The van der Waals surface area contributed by atoms with Crippen LogP contribution in [-0.2, 0) is 13.1 Å². The molecule has 0 unspecified atom stereocenters. The van der Waals surface area contributed by atoms with Crippen LogP contribution in [0.2, 0.25) is 0 Å². The lowest BCUT2D eigenvalue weighted by Crippen LogP contribution is -2.37. The van der Waals surface area contributed by atoms with Gasteiger partial charge >= 0.3 is 0 Å². The Morgan fingerprint density at radius 3 is 1.24 bits per heavy atom. The molecule has 1 aromatic rings. The number of halogens is 1. The summed E-state index contributed by atoms with van der Waals surface area (Å²) in [7, 11) is 0. The van der Waals surface area contributed by atoms with Crippen LogP contribution in [0.25, 0.3) is 0 Å². The third-order valence-corrected chi connectivity index (χ3v) is 4.05. The van der Waals surface area contributed by atoms with Crippen LogP contribution in [0, 0.1) is 0 Å². The Kier molecular flexibility index (Phi) is 12.0. The van der Waals surface area contributed by atoms with E-state index in [0.717, 1.165) is 37.3 Å². The summed E-state index contributed by atoms with van der Waals surface area (Å²) in [5, 5.41) is 0. The van der Waals surface area contributed by atoms with Crippen LogP contribution in [-0.4, -0.2) is 47.9 Å². The molecule has 0 aromatic heterocycles. The van der Waals surface area contributed by atoms with Gasteiger partial charge in [0.25, 0.3) is 0 Å². The molecule has 25 heavy (non-hydrogen) atoms. The van der Waals surface area contributed by atoms with Crippen molar-refractivity contribution in [2.75, 3.05) is 26.2 Å². The summed E-state index contributed by atoms with van der Waals surface area (Å²) < 4.78 is 0. The van der Waals surface area contributed by atoms with Crippen molar-refractivity contribution in [3.05, 3.63) is 35.4 Å². The highest BCUT2D eigenvalue weighted by Gasteiger charge is 2.03. The minimum atomic E-state index is 0. The molecule has 0 fully saturated rings. The van der Waals surface area contributed by atoms with Crippen molar-refractivity contribution in [3.8, 4) is 0 Å². The van der Waals surface area contributed by atoms with Crippen LogP contribution in [0.3, 0.4) is 0 Å². The Balaban J connectivity index is 0.00000576. The number of hydrogen-bond donors (Lipinski definition) is 2. The zero-order valence-corrected chi connectivity index (χ0v) is 18.2. The maximum atomic E-state index is 5.99. The van der Waals surface area contributed by atoms with Crippen molar-refractivity contribution >= 4 is 35.9 Å². The summed E-state index contributed by atoms with van der Waals surface area (Å²) in [5.74, 6) is 1.20. The Bertz CT molecular complexity index is 484. The largest absolute Gasteiger partial charge is 0.370 e. The van der Waals surface area contributed by atoms with Crippen LogP contribution in [0.4, 0.5) is 0 Å². The molecule has 0 saturated heterocycles. The molecular weight excluding hydrogens is 427 g/mol. The van der Waals surface area contributed by atoms with E-state index in [1.165, 1.54) is 0 Å². The lowest BCUT2D eigenvalue weighted by atomic mass is 10.1. The molecule has 0 spiro atoms. The molecule has 0 atom stereocenters. The second kappa shape index (κ2) is 12.8. The van der Waals surface area contributed by atoms with E-state index < -0.39 is 0 Å². The average molecular weight is 460 g/mol. The SMILES string of the molecule is CCN(CC)C(N)=NCc1ccc(CN=C(N)N(CC)CC)cc1.I. The Hall–Kier alpha value is -1.51. The molecule has 4 N–H and O–H groups in total. The number of nitrogens with two attached hydrogens (primary N) is 2. The highest BCUT2D eigenvalue weighted by atomic mass is 127. The zero-order chi connectivity index (χ0) is 17.9. The van der Waals surface area contributed by atoms with Crippen LogP contribution >= 0.6 is 24.0 Å². The van der Waals surface area contributed by atoms with Crippen LogP contribution in [0.1, 0.15) is 38.8 Å². The fourth-order valence-electron chi connectivity index (χ4n) is 2.39. The molecule has 0 radical (unpaired) electrons. The van der Waals surface area contributed by atoms with Crippen LogP contribution in [0.15, 0.2) is 34.3 Å². The molecule has 6 nitrogen and oxygen atoms in total. The van der Waals surface area contributed by atoms with E-state index in [1.54, 1.807) is 0 Å². The summed E-state index contributed by atoms with van der Waals surface area (Å²) in [6, 6.07) is 8.27. The first kappa shape index (κ1) is 23.5. The smallest absolute Gasteiger partial charge is 0.191 e. The maximum Gasteiger partial charge on any atom is 0.191 e. The molecule has 0 aliphatic heterocycles. The van der Waals surface area contributed by atoms with Gasteiger partial charge in [0.2, 0.25) is 0 Å². The van der Waals surface area contributed by atoms with Gasteiger partial charge in [-0.15, -0.1) is 24.0 Å². The third kappa shape index (κ3) is 7.94. The number of rotatable bonds is 8. The van der Waals surface area contributed by atoms with Gasteiger partial charge in [-0.05, 0) is 38.8 Å². The van der Waals surface area contributed by atoms with Gasteiger partial charge in [-0.3, -0.25) is 0 Å². The summed E-state index contributed by atoms with van der Waals surface area (Å²) in [5.41, 5.74) is 14.3. The lowest BCUT2D eigenvalue weighted by molar-refractivity contribution is 0.458. The number of guanidine groups is 2. The van der Waals surface area contributed by atoms with Crippen LogP contribution in [0.5, 0.6) is 0 Å². The normalized spacial score (nSPS) is 11.8. The lowest BCUT2D eigenvalue weighted by Gasteiger charge is -2.19. The van der Waals surface area contributed by atoms with Crippen molar-refractivity contribution in [2.24, 2.45) is 21.5 Å². The van der Waals surface area contributed by atoms with Gasteiger partial charge < -0.3 is 21.3 Å². The first-order valence-corrected chi connectivity index (χ1v) is 8.73. The molecule has 0 saturated carbocycles. The van der Waals surface area contributed by atoms with Crippen molar-refractivity contribution in [1.29, 1.82) is 0 Å². The monoisotopic (exact) mass is 460 g/mol. The van der Waals surface area contributed by atoms with E-state index >= 15 is 0 Å². The predicted molar refractivity (Wildman–Crippen MR) is 118 cm³/mol. The predicted octanol–water partition coefficient (Wildman–Crippen LogP) is 2.62. The van der Waals surface area contributed by atoms with E-state index in [2.05, 4.69) is 61.9 Å². The molecule has 0 amide bonds. The molecule has 142 valence electrons. The standard InChI is InChI=1S/C18H32N6.HI/c1-5-23(6-2)17(19)21-13-15-9-11-16(12-10-15)14-22-18(20)24(7-3)8-4;/h9-12H,5-8,13-14H2,1-4H3,(H2,19,21)(H2,20,22);1H. The molecular formula is C18H33IN6. The molecule has 1 rings (SSSR count). The topological polar surface area (TPSA) is 83.2 Å². The van der Waals surface area contributed by atoms with Gasteiger partial charge in [-0.25, -0.2) is 9.98 Å². The van der Waals surface area contributed by atoms with Gasteiger partial charge in [0.1, 0.15) is 0 Å². The molecule has 0 aliphatic carbocycles. The van der Waals surface area contributed by atoms with E-state index in [9.17, 15) is 0 Å². The molecule has 7 heteroatoms. The molecule has 0 aliphatic rings. The number of hydrogen-bond acceptors (Lipinski definition) is 2. The van der Waals surface area contributed by atoms with Crippen molar-refractivity contribution in [2.45, 2.75) is 40.8 Å². The fraction of sp³-hybridized carbons (Fsp3) is 0.556. The van der Waals surface area contributed by atoms with E-state index in [1.807, 2.05) is 9.80 Å². The Morgan fingerprint density at radius 2 is 1.00 bits per heavy atom. The maximum absolute atomic E-state index is 5.99. The molecule has 0 heterocycles. The first-order chi connectivity index (χ1) is 11.5. The Labute approximate surface area is 169 Å². The van der Waals surface area contributed by atoms with Gasteiger partial charge in [-0.1, -0.05) is 24.3 Å². The average Bonchev–Trinajstić information content (AvgIpc) is 2.61. The molecule has 1 aromatic carbocycles. The third-order valence-electron chi connectivity index (χ3n) is 4.05. The summed E-state index contributed by atoms with van der Waals surface area (Å²) >= 11 is 0. The fourth-order valence-corrected chi connectivity index (χ4v) is 2.39. The van der Waals surface area contributed by atoms with Gasteiger partial charge in [-0.2, -0.15) is 0 Å². The van der Waals surface area contributed by atoms with Gasteiger partial charge in [0, 0.05) is 26.2 Å². The second-order valence-electron chi connectivity index (χ2n) is 5.51. The summed E-state index contributed by atoms with van der Waals surface area (Å²) in [6.07, 6.45) is 0. The zero-order valence-electron chi connectivity index (χ0n) is 15.9. The first-order valence-electron chi connectivity index (χ1n) is 8.73. The second-order valence-corrected chi connectivity index (χ2v) is 5.51.